The molecule has 2 unspecified atom stereocenters. The molecule has 1 aliphatic rings. The van der Waals surface area contributed by atoms with E-state index in [1.807, 2.05) is 0 Å². The van der Waals surface area contributed by atoms with Crippen LogP contribution in [0.25, 0.3) is 0 Å². The van der Waals surface area contributed by atoms with E-state index in [0.717, 1.165) is 13.1 Å². The molecule has 2 atom stereocenters. The highest BCUT2D eigenvalue weighted by Gasteiger charge is 2.26. The van der Waals surface area contributed by atoms with Gasteiger partial charge in [0.1, 0.15) is 0 Å². The van der Waals surface area contributed by atoms with E-state index in [0.29, 0.717) is 18.6 Å². The van der Waals surface area contributed by atoms with E-state index in [-0.39, 0.29) is 0 Å². The van der Waals surface area contributed by atoms with Gasteiger partial charge in [0.2, 0.25) is 0 Å². The van der Waals surface area contributed by atoms with Crippen molar-refractivity contribution >= 4 is 0 Å². The molecule has 1 aromatic carbocycles. The van der Waals surface area contributed by atoms with Gasteiger partial charge in [-0.05, 0) is 57.5 Å². The molecule has 0 bridgehead atoms. The van der Waals surface area contributed by atoms with Crippen LogP contribution in [-0.2, 0) is 0 Å². The minimum Gasteiger partial charge on any atom is -0.329 e. The van der Waals surface area contributed by atoms with Crippen molar-refractivity contribution < 1.29 is 0 Å². The molecule has 0 spiro atoms. The summed E-state index contributed by atoms with van der Waals surface area (Å²) in [6.45, 7) is 10.8. The maximum absolute atomic E-state index is 6.12. The maximum atomic E-state index is 6.12. The smallest absolute Gasteiger partial charge is 0.0473 e. The van der Waals surface area contributed by atoms with Crippen LogP contribution in [0.3, 0.4) is 0 Å². The van der Waals surface area contributed by atoms with Crippen LogP contribution in [0, 0.1) is 13.8 Å². The zero-order valence-electron chi connectivity index (χ0n) is 13.4. The first-order chi connectivity index (χ1) is 9.52. The molecule has 20 heavy (non-hydrogen) atoms. The zero-order valence-corrected chi connectivity index (χ0v) is 13.4. The van der Waals surface area contributed by atoms with Crippen molar-refractivity contribution in [3.8, 4) is 0 Å². The molecule has 3 nitrogen and oxygen atoms in total. The Balaban J connectivity index is 2.23. The largest absolute Gasteiger partial charge is 0.329 e. The lowest BCUT2D eigenvalue weighted by molar-refractivity contribution is 0.146. The van der Waals surface area contributed by atoms with Crippen LogP contribution in [0.5, 0.6) is 0 Å². The number of aryl methyl sites for hydroxylation is 2. The monoisotopic (exact) mass is 275 g/mol. The minimum atomic E-state index is 0.343. The van der Waals surface area contributed by atoms with Crippen LogP contribution in [0.15, 0.2) is 18.2 Å². The lowest BCUT2D eigenvalue weighted by Gasteiger charge is -2.35. The molecule has 2 N–H and O–H groups in total. The number of rotatable bonds is 3. The van der Waals surface area contributed by atoms with E-state index in [2.05, 4.69) is 55.8 Å². The predicted molar refractivity (Wildman–Crippen MR) is 86.0 cm³/mol. The fourth-order valence-corrected chi connectivity index (χ4v) is 3.29. The van der Waals surface area contributed by atoms with E-state index in [1.54, 1.807) is 0 Å². The fourth-order valence-electron chi connectivity index (χ4n) is 3.29. The number of nitrogens with zero attached hydrogens (tertiary/aromatic N) is 2. The first kappa shape index (κ1) is 15.5. The van der Waals surface area contributed by atoms with E-state index in [1.165, 1.54) is 29.7 Å². The molecule has 1 heterocycles. The van der Waals surface area contributed by atoms with E-state index in [9.17, 15) is 0 Å². The molecule has 1 saturated heterocycles. The molecular weight excluding hydrogens is 246 g/mol. The minimum absolute atomic E-state index is 0.343. The summed E-state index contributed by atoms with van der Waals surface area (Å²) >= 11 is 0. The van der Waals surface area contributed by atoms with Gasteiger partial charge in [-0.25, -0.2) is 0 Å². The van der Waals surface area contributed by atoms with Crippen LogP contribution in [0.4, 0.5) is 0 Å². The molecule has 0 radical (unpaired) electrons. The number of likely N-dealkylation sites (N-methyl/N-ethyl adjacent to an activating group) is 1. The van der Waals surface area contributed by atoms with Gasteiger partial charge in [0.25, 0.3) is 0 Å². The Kier molecular flexibility index (Phi) is 5.19. The quantitative estimate of drug-likeness (QED) is 0.919. The van der Waals surface area contributed by atoms with Gasteiger partial charge in [-0.15, -0.1) is 0 Å². The van der Waals surface area contributed by atoms with Crippen LogP contribution in [0.1, 0.15) is 36.1 Å². The van der Waals surface area contributed by atoms with Crippen molar-refractivity contribution in [2.75, 3.05) is 33.2 Å². The fraction of sp³-hybridized carbons (Fsp3) is 0.647. The highest BCUT2D eigenvalue weighted by Crippen LogP contribution is 2.25. The van der Waals surface area contributed by atoms with Crippen LogP contribution < -0.4 is 5.73 Å². The van der Waals surface area contributed by atoms with Gasteiger partial charge in [0, 0.05) is 31.7 Å². The van der Waals surface area contributed by atoms with Gasteiger partial charge >= 0.3 is 0 Å². The molecular formula is C17H29N3. The summed E-state index contributed by atoms with van der Waals surface area (Å²) in [6.07, 6.45) is 1.22. The van der Waals surface area contributed by atoms with Crippen molar-refractivity contribution in [3.05, 3.63) is 34.9 Å². The molecule has 0 aliphatic carbocycles. The van der Waals surface area contributed by atoms with Crippen molar-refractivity contribution in [3.63, 3.8) is 0 Å². The molecule has 2 rings (SSSR count). The molecule has 112 valence electrons. The summed E-state index contributed by atoms with van der Waals surface area (Å²) in [5.74, 6) is 0. The van der Waals surface area contributed by atoms with Gasteiger partial charge in [0.15, 0.2) is 0 Å². The third-order valence-corrected chi connectivity index (χ3v) is 4.64. The topological polar surface area (TPSA) is 32.5 Å². The Bertz CT molecular complexity index is 444. The molecule has 0 amide bonds. The van der Waals surface area contributed by atoms with Gasteiger partial charge < -0.3 is 10.6 Å². The average molecular weight is 275 g/mol. The second kappa shape index (κ2) is 6.70. The molecule has 0 saturated carbocycles. The lowest BCUT2D eigenvalue weighted by atomic mass is 9.99. The van der Waals surface area contributed by atoms with Gasteiger partial charge in [-0.2, -0.15) is 0 Å². The number of hydrogen-bond donors (Lipinski definition) is 1. The highest BCUT2D eigenvalue weighted by molar-refractivity contribution is 5.32. The third kappa shape index (κ3) is 3.40. The Labute approximate surface area is 123 Å². The Morgan fingerprint density at radius 1 is 1.25 bits per heavy atom. The van der Waals surface area contributed by atoms with Crippen molar-refractivity contribution in [1.29, 1.82) is 0 Å². The molecule has 0 aromatic heterocycles. The van der Waals surface area contributed by atoms with E-state index in [4.69, 9.17) is 5.73 Å². The summed E-state index contributed by atoms with van der Waals surface area (Å²) < 4.78 is 0. The maximum Gasteiger partial charge on any atom is 0.0473 e. The predicted octanol–water partition coefficient (Wildman–Crippen LogP) is 2.33. The summed E-state index contributed by atoms with van der Waals surface area (Å²) in [5.41, 5.74) is 10.2. The first-order valence-corrected chi connectivity index (χ1v) is 7.74. The number of hydrogen-bond acceptors (Lipinski definition) is 3. The van der Waals surface area contributed by atoms with Crippen LogP contribution in [-0.4, -0.2) is 49.1 Å². The van der Waals surface area contributed by atoms with Gasteiger partial charge in [-0.3, -0.25) is 4.90 Å². The zero-order chi connectivity index (χ0) is 14.7. The molecule has 1 aliphatic heterocycles. The summed E-state index contributed by atoms with van der Waals surface area (Å²) in [7, 11) is 2.22. The Morgan fingerprint density at radius 2 is 2.00 bits per heavy atom. The Hall–Kier alpha value is -0.900. The van der Waals surface area contributed by atoms with Crippen LogP contribution >= 0.6 is 0 Å². The number of benzene rings is 1. The van der Waals surface area contributed by atoms with Gasteiger partial charge in [0.05, 0.1) is 0 Å². The van der Waals surface area contributed by atoms with Gasteiger partial charge in [-0.1, -0.05) is 18.2 Å². The molecule has 3 heteroatoms. The number of nitrogens with two attached hydrogens (primary N) is 1. The highest BCUT2D eigenvalue weighted by atomic mass is 15.3. The van der Waals surface area contributed by atoms with Crippen molar-refractivity contribution in [2.45, 2.75) is 39.3 Å². The Morgan fingerprint density at radius 3 is 2.65 bits per heavy atom. The first-order valence-electron chi connectivity index (χ1n) is 7.74. The normalized spacial score (nSPS) is 23.6. The lowest BCUT2D eigenvalue weighted by Crippen LogP contribution is -2.43. The second-order valence-corrected chi connectivity index (χ2v) is 6.30. The average Bonchev–Trinajstić information content (AvgIpc) is 2.56. The van der Waals surface area contributed by atoms with E-state index >= 15 is 0 Å². The van der Waals surface area contributed by atoms with Crippen LogP contribution in [0.2, 0.25) is 0 Å². The summed E-state index contributed by atoms with van der Waals surface area (Å²) in [4.78, 5) is 5.02. The third-order valence-electron chi connectivity index (χ3n) is 4.64. The van der Waals surface area contributed by atoms with Crippen molar-refractivity contribution in [1.82, 2.24) is 9.80 Å². The molecule has 1 aromatic rings. The SMILES string of the molecule is Cc1ccc(C(CN)N2CCCN(C)CC2C)cc1C. The second-order valence-electron chi connectivity index (χ2n) is 6.30. The molecule has 1 fully saturated rings. The standard InChI is InChI=1S/C17H29N3/c1-13-6-7-16(10-14(13)2)17(11-18)20-9-5-8-19(4)12-15(20)3/h6-7,10,15,17H,5,8-9,11-12,18H2,1-4H3. The van der Waals surface area contributed by atoms with E-state index < -0.39 is 0 Å². The summed E-state index contributed by atoms with van der Waals surface area (Å²) in [6, 6.07) is 7.69. The van der Waals surface area contributed by atoms with Crippen molar-refractivity contribution in [2.24, 2.45) is 5.73 Å². The summed E-state index contributed by atoms with van der Waals surface area (Å²) in [5, 5.41) is 0.